The van der Waals surface area contributed by atoms with E-state index in [1.54, 1.807) is 0 Å². The minimum absolute atomic E-state index is 0.466. The van der Waals surface area contributed by atoms with E-state index in [0.29, 0.717) is 12.0 Å². The van der Waals surface area contributed by atoms with Crippen molar-refractivity contribution in [1.29, 1.82) is 0 Å². The molecular weight excluding hydrogens is 248 g/mol. The van der Waals surface area contributed by atoms with Gasteiger partial charge in [-0.2, -0.15) is 0 Å². The Hall–Kier alpha value is -2.35. The van der Waals surface area contributed by atoms with Gasteiger partial charge in [0.1, 0.15) is 0 Å². The van der Waals surface area contributed by atoms with Crippen LogP contribution in [0.2, 0.25) is 0 Å². The van der Waals surface area contributed by atoms with Gasteiger partial charge in [-0.05, 0) is 35.6 Å². The summed E-state index contributed by atoms with van der Waals surface area (Å²) in [6.45, 7) is 3.76. The smallest absolute Gasteiger partial charge is 0.331 e. The second-order valence-electron chi connectivity index (χ2n) is 4.67. The van der Waals surface area contributed by atoms with E-state index in [1.165, 1.54) is 0 Å². The molecule has 2 nitrogen and oxygen atoms in total. The number of carboxylic acid groups (broad SMARTS) is 1. The van der Waals surface area contributed by atoms with E-state index < -0.39 is 5.97 Å². The lowest BCUT2D eigenvalue weighted by atomic mass is 9.92. The van der Waals surface area contributed by atoms with Crippen molar-refractivity contribution < 1.29 is 9.90 Å². The van der Waals surface area contributed by atoms with E-state index in [-0.39, 0.29) is 0 Å². The number of hydrogen-bond acceptors (Lipinski definition) is 1. The van der Waals surface area contributed by atoms with Crippen LogP contribution in [0.5, 0.6) is 0 Å². The van der Waals surface area contributed by atoms with Gasteiger partial charge in [0.2, 0.25) is 0 Å². The first-order chi connectivity index (χ1) is 9.65. The van der Waals surface area contributed by atoms with Crippen molar-refractivity contribution in [3.05, 3.63) is 65.7 Å². The normalized spacial score (nSPS) is 11.9. The molecule has 2 aromatic rings. The van der Waals surface area contributed by atoms with Gasteiger partial charge in [-0.3, -0.25) is 0 Å². The highest BCUT2D eigenvalue weighted by atomic mass is 16.4. The molecule has 0 atom stereocenters. The van der Waals surface area contributed by atoms with Crippen LogP contribution in [-0.4, -0.2) is 11.1 Å². The standard InChI is InChI=1S/C18H18O2/c1-3-15(18(19)20)13(2)16-11-7-8-12-17(16)14-9-5-4-6-10-14/h4-12H,3H2,1-2H3,(H,19,20). The van der Waals surface area contributed by atoms with Crippen LogP contribution in [0.1, 0.15) is 25.8 Å². The molecule has 0 heterocycles. The summed E-state index contributed by atoms with van der Waals surface area (Å²) in [6.07, 6.45) is 0.518. The summed E-state index contributed by atoms with van der Waals surface area (Å²) in [5, 5.41) is 9.31. The Bertz CT molecular complexity index is 639. The highest BCUT2D eigenvalue weighted by Gasteiger charge is 2.13. The van der Waals surface area contributed by atoms with Crippen LogP contribution in [0.3, 0.4) is 0 Å². The topological polar surface area (TPSA) is 37.3 Å². The van der Waals surface area contributed by atoms with Gasteiger partial charge in [0.25, 0.3) is 0 Å². The number of aliphatic carboxylic acids is 1. The fourth-order valence-corrected chi connectivity index (χ4v) is 2.42. The monoisotopic (exact) mass is 266 g/mol. The first kappa shape index (κ1) is 14.1. The van der Waals surface area contributed by atoms with Gasteiger partial charge >= 0.3 is 5.97 Å². The molecule has 0 fully saturated rings. The molecule has 2 rings (SSSR count). The zero-order valence-corrected chi connectivity index (χ0v) is 11.8. The van der Waals surface area contributed by atoms with E-state index in [2.05, 4.69) is 0 Å². The van der Waals surface area contributed by atoms with Crippen LogP contribution in [0.4, 0.5) is 0 Å². The average molecular weight is 266 g/mol. The molecule has 20 heavy (non-hydrogen) atoms. The Morgan fingerprint density at radius 1 is 1.00 bits per heavy atom. The van der Waals surface area contributed by atoms with Crippen LogP contribution < -0.4 is 0 Å². The van der Waals surface area contributed by atoms with Crippen molar-refractivity contribution in [2.75, 3.05) is 0 Å². The van der Waals surface area contributed by atoms with Crippen LogP contribution in [0.25, 0.3) is 16.7 Å². The largest absolute Gasteiger partial charge is 0.478 e. The molecule has 2 heteroatoms. The molecule has 0 amide bonds. The van der Waals surface area contributed by atoms with Crippen LogP contribution in [0.15, 0.2) is 60.2 Å². The molecule has 0 aliphatic rings. The van der Waals surface area contributed by atoms with Crippen LogP contribution >= 0.6 is 0 Å². The number of hydrogen-bond donors (Lipinski definition) is 1. The zero-order chi connectivity index (χ0) is 14.5. The molecule has 0 saturated heterocycles. The molecular formula is C18H18O2. The third-order valence-corrected chi connectivity index (χ3v) is 3.48. The lowest BCUT2D eigenvalue weighted by Crippen LogP contribution is -2.02. The summed E-state index contributed by atoms with van der Waals surface area (Å²) < 4.78 is 0. The maximum Gasteiger partial charge on any atom is 0.331 e. The molecule has 0 radical (unpaired) electrons. The SMILES string of the molecule is CCC(C(=O)O)=C(C)c1ccccc1-c1ccccc1. The van der Waals surface area contributed by atoms with Gasteiger partial charge < -0.3 is 5.11 Å². The van der Waals surface area contributed by atoms with Crippen molar-refractivity contribution in [1.82, 2.24) is 0 Å². The summed E-state index contributed by atoms with van der Waals surface area (Å²) in [7, 11) is 0. The molecule has 2 aromatic carbocycles. The van der Waals surface area contributed by atoms with E-state index in [4.69, 9.17) is 0 Å². The Morgan fingerprint density at radius 3 is 2.20 bits per heavy atom. The summed E-state index contributed by atoms with van der Waals surface area (Å²) in [6, 6.07) is 18.0. The first-order valence-corrected chi connectivity index (χ1v) is 6.73. The third-order valence-electron chi connectivity index (χ3n) is 3.48. The number of carbonyl (C=O) groups is 1. The minimum atomic E-state index is -0.840. The molecule has 0 spiro atoms. The van der Waals surface area contributed by atoms with Crippen LogP contribution in [-0.2, 0) is 4.79 Å². The molecule has 0 aliphatic carbocycles. The Balaban J connectivity index is 2.62. The molecule has 0 bridgehead atoms. The van der Waals surface area contributed by atoms with Gasteiger partial charge in [-0.1, -0.05) is 61.5 Å². The van der Waals surface area contributed by atoms with Gasteiger partial charge in [0.05, 0.1) is 0 Å². The number of carboxylic acids is 1. The third kappa shape index (κ3) is 2.80. The zero-order valence-electron chi connectivity index (χ0n) is 11.8. The maximum absolute atomic E-state index is 11.3. The van der Waals surface area contributed by atoms with Crippen LogP contribution in [0, 0.1) is 0 Å². The second-order valence-corrected chi connectivity index (χ2v) is 4.67. The van der Waals surface area contributed by atoms with E-state index >= 15 is 0 Å². The molecule has 0 aromatic heterocycles. The van der Waals surface area contributed by atoms with E-state index in [1.807, 2.05) is 68.4 Å². The van der Waals surface area contributed by atoms with Gasteiger partial charge in [-0.15, -0.1) is 0 Å². The van der Waals surface area contributed by atoms with Crippen molar-refractivity contribution in [2.24, 2.45) is 0 Å². The van der Waals surface area contributed by atoms with Gasteiger partial charge in [-0.25, -0.2) is 4.79 Å². The lowest BCUT2D eigenvalue weighted by molar-refractivity contribution is -0.132. The summed E-state index contributed by atoms with van der Waals surface area (Å²) in [5.74, 6) is -0.840. The lowest BCUT2D eigenvalue weighted by Gasteiger charge is -2.12. The summed E-state index contributed by atoms with van der Waals surface area (Å²) >= 11 is 0. The molecule has 0 unspecified atom stereocenters. The average Bonchev–Trinajstić information content (AvgIpc) is 2.48. The maximum atomic E-state index is 11.3. The summed E-state index contributed by atoms with van der Waals surface area (Å²) in [5.41, 5.74) is 4.45. The second kappa shape index (κ2) is 6.20. The Morgan fingerprint density at radius 2 is 1.60 bits per heavy atom. The van der Waals surface area contributed by atoms with Gasteiger partial charge in [0, 0.05) is 5.57 Å². The number of benzene rings is 2. The molecule has 102 valence electrons. The fourth-order valence-electron chi connectivity index (χ4n) is 2.42. The number of allylic oxidation sites excluding steroid dienone is 1. The predicted octanol–water partition coefficient (Wildman–Crippen LogP) is 4.62. The van der Waals surface area contributed by atoms with E-state index in [0.717, 1.165) is 22.3 Å². The Kier molecular flexibility index (Phi) is 4.36. The quantitative estimate of drug-likeness (QED) is 0.820. The van der Waals surface area contributed by atoms with Crippen molar-refractivity contribution in [3.63, 3.8) is 0 Å². The first-order valence-electron chi connectivity index (χ1n) is 6.73. The van der Waals surface area contributed by atoms with Crippen molar-refractivity contribution in [3.8, 4) is 11.1 Å². The van der Waals surface area contributed by atoms with Gasteiger partial charge in [0.15, 0.2) is 0 Å². The fraction of sp³-hybridized carbons (Fsp3) is 0.167. The highest BCUT2D eigenvalue weighted by molar-refractivity contribution is 5.98. The molecule has 0 saturated carbocycles. The Labute approximate surface area is 119 Å². The van der Waals surface area contributed by atoms with Crippen molar-refractivity contribution in [2.45, 2.75) is 20.3 Å². The summed E-state index contributed by atoms with van der Waals surface area (Å²) in [4.78, 5) is 11.3. The minimum Gasteiger partial charge on any atom is -0.478 e. The highest BCUT2D eigenvalue weighted by Crippen LogP contribution is 2.31. The molecule has 0 aliphatic heterocycles. The predicted molar refractivity (Wildman–Crippen MR) is 82.4 cm³/mol. The van der Waals surface area contributed by atoms with E-state index in [9.17, 15) is 9.90 Å². The van der Waals surface area contributed by atoms with Crippen molar-refractivity contribution >= 4 is 11.5 Å². The number of rotatable bonds is 4. The molecule has 1 N–H and O–H groups in total.